The van der Waals surface area contributed by atoms with Crippen molar-refractivity contribution in [2.75, 3.05) is 26.2 Å². The highest BCUT2D eigenvalue weighted by Gasteiger charge is 2.31. The molecule has 0 amide bonds. The summed E-state index contributed by atoms with van der Waals surface area (Å²) in [4.78, 5) is 2.19. The lowest BCUT2D eigenvalue weighted by molar-refractivity contribution is 0.0417. The second-order valence-electron chi connectivity index (χ2n) is 6.67. The van der Waals surface area contributed by atoms with Gasteiger partial charge in [0.15, 0.2) is 0 Å². The molecule has 2 fully saturated rings. The number of furan rings is 1. The Kier molecular flexibility index (Phi) is 5.10. The summed E-state index contributed by atoms with van der Waals surface area (Å²) in [5.74, 6) is 1.09. The average Bonchev–Trinajstić information content (AvgIpc) is 3.19. The summed E-state index contributed by atoms with van der Waals surface area (Å²) in [7, 11) is -3.49. The third kappa shape index (κ3) is 3.47. The van der Waals surface area contributed by atoms with E-state index in [-0.39, 0.29) is 17.7 Å². The molecule has 0 radical (unpaired) electrons. The summed E-state index contributed by atoms with van der Waals surface area (Å²) in [5, 5.41) is 9.65. The largest absolute Gasteiger partial charge is 0.447 e. The number of aliphatic hydroxyl groups is 1. The molecule has 1 N–H and O–H groups in total. The van der Waals surface area contributed by atoms with E-state index >= 15 is 0 Å². The van der Waals surface area contributed by atoms with Gasteiger partial charge < -0.3 is 9.52 Å². The van der Waals surface area contributed by atoms with Gasteiger partial charge in [-0.3, -0.25) is 4.90 Å². The van der Waals surface area contributed by atoms with Crippen LogP contribution in [0.15, 0.2) is 21.6 Å². The highest BCUT2D eigenvalue weighted by Crippen LogP contribution is 2.27. The molecule has 2 aliphatic rings. The number of hydrogen-bond donors (Lipinski definition) is 1. The molecular formula is C16H26N2O4S. The minimum absolute atomic E-state index is 0.0417. The SMILES string of the molecule is CC1CCCN(Cc2ccc(S(=O)(=O)N3CCCC3)o2)C1CO. The van der Waals surface area contributed by atoms with Crippen molar-refractivity contribution in [3.63, 3.8) is 0 Å². The van der Waals surface area contributed by atoms with Crippen molar-refractivity contribution in [1.82, 2.24) is 9.21 Å². The van der Waals surface area contributed by atoms with E-state index < -0.39 is 10.0 Å². The Morgan fingerprint density at radius 2 is 1.96 bits per heavy atom. The molecule has 7 heteroatoms. The third-order valence-electron chi connectivity index (χ3n) is 5.07. The summed E-state index contributed by atoms with van der Waals surface area (Å²) in [6, 6.07) is 3.42. The van der Waals surface area contributed by atoms with Crippen LogP contribution in [0.5, 0.6) is 0 Å². The molecule has 2 aliphatic heterocycles. The molecule has 130 valence electrons. The number of piperidine rings is 1. The Balaban J connectivity index is 1.72. The van der Waals surface area contributed by atoms with Crippen molar-refractivity contribution in [2.45, 2.75) is 50.3 Å². The number of aliphatic hydroxyl groups excluding tert-OH is 1. The van der Waals surface area contributed by atoms with Crippen LogP contribution in [0.2, 0.25) is 0 Å². The van der Waals surface area contributed by atoms with Crippen LogP contribution in [0, 0.1) is 5.92 Å². The van der Waals surface area contributed by atoms with Crippen LogP contribution < -0.4 is 0 Å². The zero-order valence-corrected chi connectivity index (χ0v) is 14.5. The number of hydrogen-bond acceptors (Lipinski definition) is 5. The lowest BCUT2D eigenvalue weighted by Crippen LogP contribution is -2.45. The van der Waals surface area contributed by atoms with Gasteiger partial charge in [-0.15, -0.1) is 0 Å². The monoisotopic (exact) mass is 342 g/mol. The molecule has 3 heterocycles. The molecular weight excluding hydrogens is 316 g/mol. The van der Waals surface area contributed by atoms with Crippen LogP contribution in [0.1, 0.15) is 38.4 Å². The molecule has 0 spiro atoms. The Hall–Kier alpha value is -0.890. The normalized spacial score (nSPS) is 27.6. The molecule has 23 heavy (non-hydrogen) atoms. The average molecular weight is 342 g/mol. The van der Waals surface area contributed by atoms with E-state index in [4.69, 9.17) is 4.42 Å². The summed E-state index contributed by atoms with van der Waals surface area (Å²) in [6.45, 7) is 4.89. The maximum absolute atomic E-state index is 12.5. The zero-order chi connectivity index (χ0) is 16.4. The van der Waals surface area contributed by atoms with Crippen molar-refractivity contribution < 1.29 is 17.9 Å². The molecule has 0 aliphatic carbocycles. The van der Waals surface area contributed by atoms with Gasteiger partial charge in [-0.2, -0.15) is 4.31 Å². The fraction of sp³-hybridized carbons (Fsp3) is 0.750. The van der Waals surface area contributed by atoms with E-state index in [1.807, 2.05) is 0 Å². The first-order valence-corrected chi connectivity index (χ1v) is 9.90. The van der Waals surface area contributed by atoms with Gasteiger partial charge in [-0.1, -0.05) is 6.92 Å². The van der Waals surface area contributed by atoms with E-state index in [0.29, 0.717) is 31.3 Å². The molecule has 6 nitrogen and oxygen atoms in total. The Bertz CT molecular complexity index is 622. The van der Waals surface area contributed by atoms with Gasteiger partial charge in [0, 0.05) is 19.1 Å². The number of sulfonamides is 1. The van der Waals surface area contributed by atoms with Crippen molar-refractivity contribution in [2.24, 2.45) is 5.92 Å². The van der Waals surface area contributed by atoms with Gasteiger partial charge >= 0.3 is 0 Å². The van der Waals surface area contributed by atoms with Crippen molar-refractivity contribution >= 4 is 10.0 Å². The lowest BCUT2D eigenvalue weighted by atomic mass is 9.91. The van der Waals surface area contributed by atoms with Gasteiger partial charge in [0.1, 0.15) is 5.76 Å². The fourth-order valence-corrected chi connectivity index (χ4v) is 5.11. The van der Waals surface area contributed by atoms with Crippen LogP contribution in [0.4, 0.5) is 0 Å². The molecule has 2 unspecified atom stereocenters. The second kappa shape index (κ2) is 6.93. The van der Waals surface area contributed by atoms with Gasteiger partial charge in [-0.05, 0) is 50.3 Å². The first kappa shape index (κ1) is 17.0. The third-order valence-corrected chi connectivity index (χ3v) is 6.85. The topological polar surface area (TPSA) is 74.0 Å². The minimum atomic E-state index is -3.49. The highest BCUT2D eigenvalue weighted by molar-refractivity contribution is 7.89. The predicted octanol–water partition coefficient (Wildman–Crippen LogP) is 1.66. The van der Waals surface area contributed by atoms with Crippen molar-refractivity contribution in [3.8, 4) is 0 Å². The van der Waals surface area contributed by atoms with Crippen molar-refractivity contribution in [3.05, 3.63) is 17.9 Å². The van der Waals surface area contributed by atoms with Crippen LogP contribution in [-0.2, 0) is 16.6 Å². The van der Waals surface area contributed by atoms with Gasteiger partial charge in [0.2, 0.25) is 5.09 Å². The maximum atomic E-state index is 12.5. The summed E-state index contributed by atoms with van der Waals surface area (Å²) >= 11 is 0. The maximum Gasteiger partial charge on any atom is 0.276 e. The molecule has 2 atom stereocenters. The van der Waals surface area contributed by atoms with E-state index in [1.54, 1.807) is 12.1 Å². The number of nitrogens with zero attached hydrogens (tertiary/aromatic N) is 2. The molecule has 3 rings (SSSR count). The Morgan fingerprint density at radius 3 is 2.65 bits per heavy atom. The Labute approximate surface area is 138 Å². The van der Waals surface area contributed by atoms with Gasteiger partial charge in [0.25, 0.3) is 10.0 Å². The molecule has 0 bridgehead atoms. The van der Waals surface area contributed by atoms with Crippen LogP contribution in [0.25, 0.3) is 0 Å². The first-order valence-electron chi connectivity index (χ1n) is 8.46. The van der Waals surface area contributed by atoms with E-state index in [2.05, 4.69) is 11.8 Å². The molecule has 0 aromatic carbocycles. The van der Waals surface area contributed by atoms with E-state index in [0.717, 1.165) is 32.2 Å². The summed E-state index contributed by atoms with van der Waals surface area (Å²) in [6.07, 6.45) is 4.04. The second-order valence-corrected chi connectivity index (χ2v) is 8.54. The molecule has 2 saturated heterocycles. The minimum Gasteiger partial charge on any atom is -0.447 e. The first-order chi connectivity index (χ1) is 11.0. The van der Waals surface area contributed by atoms with E-state index in [9.17, 15) is 13.5 Å². The van der Waals surface area contributed by atoms with Gasteiger partial charge in [-0.25, -0.2) is 8.42 Å². The smallest absolute Gasteiger partial charge is 0.276 e. The molecule has 1 aromatic rings. The standard InChI is InChI=1S/C16H26N2O4S/c1-13-5-4-8-17(15(13)12-19)11-14-6-7-16(22-14)23(20,21)18-9-2-3-10-18/h6-7,13,15,19H,2-5,8-12H2,1H3. The molecule has 0 saturated carbocycles. The summed E-state index contributed by atoms with van der Waals surface area (Å²) < 4.78 is 32.1. The quantitative estimate of drug-likeness (QED) is 0.881. The van der Waals surface area contributed by atoms with Crippen molar-refractivity contribution in [1.29, 1.82) is 0 Å². The van der Waals surface area contributed by atoms with Crippen LogP contribution in [-0.4, -0.2) is 55.0 Å². The highest BCUT2D eigenvalue weighted by atomic mass is 32.2. The lowest BCUT2D eigenvalue weighted by Gasteiger charge is -2.38. The summed E-state index contributed by atoms with van der Waals surface area (Å²) in [5.41, 5.74) is 0. The Morgan fingerprint density at radius 1 is 1.22 bits per heavy atom. The zero-order valence-electron chi connectivity index (χ0n) is 13.6. The number of rotatable bonds is 5. The van der Waals surface area contributed by atoms with E-state index in [1.165, 1.54) is 4.31 Å². The predicted molar refractivity (Wildman–Crippen MR) is 86.4 cm³/mol. The van der Waals surface area contributed by atoms with Gasteiger partial charge in [0.05, 0.1) is 13.2 Å². The van der Waals surface area contributed by atoms with Crippen LogP contribution in [0.3, 0.4) is 0 Å². The fourth-order valence-electron chi connectivity index (χ4n) is 3.66. The number of likely N-dealkylation sites (tertiary alicyclic amines) is 1. The van der Waals surface area contributed by atoms with Crippen LogP contribution >= 0.6 is 0 Å². The molecule has 1 aromatic heterocycles.